The number of oxime groups is 1. The lowest BCUT2D eigenvalue weighted by molar-refractivity contribution is -0.0524. The number of pyridine rings is 1. The summed E-state index contributed by atoms with van der Waals surface area (Å²) in [5, 5.41) is 11.2. The summed E-state index contributed by atoms with van der Waals surface area (Å²) in [4.78, 5) is 26.4. The van der Waals surface area contributed by atoms with E-state index in [9.17, 15) is 4.79 Å². The molecule has 0 atom stereocenters. The molecule has 1 spiro atoms. The van der Waals surface area contributed by atoms with Crippen LogP contribution in [0.4, 0.5) is 10.6 Å². The van der Waals surface area contributed by atoms with Gasteiger partial charge in [-0.3, -0.25) is 10.2 Å². The van der Waals surface area contributed by atoms with Crippen molar-refractivity contribution in [3.8, 4) is 0 Å². The second-order valence-electron chi connectivity index (χ2n) is 8.34. The number of carbonyl (C=O) groups is 1. The number of piperidine rings is 1. The van der Waals surface area contributed by atoms with Gasteiger partial charge in [0.15, 0.2) is 5.11 Å². The second-order valence-corrected chi connectivity index (χ2v) is 9.16. The van der Waals surface area contributed by atoms with Gasteiger partial charge in [0.1, 0.15) is 11.4 Å². The normalized spacial score (nSPS) is 20.2. The summed E-state index contributed by atoms with van der Waals surface area (Å²) < 4.78 is 10.7. The minimum atomic E-state index is -0.663. The summed E-state index contributed by atoms with van der Waals surface area (Å²) >= 11 is 11.4. The van der Waals surface area contributed by atoms with Gasteiger partial charge in [-0.25, -0.2) is 9.78 Å². The molecule has 4 rings (SSSR count). The van der Waals surface area contributed by atoms with Crippen molar-refractivity contribution in [2.75, 3.05) is 57.8 Å². The molecule has 0 unspecified atom stereocenters. The van der Waals surface area contributed by atoms with E-state index in [2.05, 4.69) is 30.6 Å². The SMILES string of the molecule is O=C(Nc1ccc(Cl)cn1)OC1=NOC2(CCN(C(=S)NCCCN3CCOCC3)CC2)C1. The highest BCUT2D eigenvalue weighted by Gasteiger charge is 2.43. The number of morpholine rings is 1. The van der Waals surface area contributed by atoms with Crippen LogP contribution in [0.15, 0.2) is 23.5 Å². The fourth-order valence-corrected chi connectivity index (χ4v) is 4.45. The molecule has 2 fully saturated rings. The van der Waals surface area contributed by atoms with E-state index in [1.807, 2.05) is 0 Å². The highest BCUT2D eigenvalue weighted by molar-refractivity contribution is 7.80. The standard InChI is InChI=1S/C21H29ClN6O4S/c22-16-2-3-17(24-15-16)25-20(29)31-18-14-21(32-26-18)4-8-28(9-5-21)19(33)23-6-1-7-27-10-12-30-13-11-27/h2-3,15H,1,4-14H2,(H,23,33)(H,24,25,29). The first-order chi connectivity index (χ1) is 16.0. The Kier molecular flexibility index (Phi) is 8.18. The molecule has 2 saturated heterocycles. The lowest BCUT2D eigenvalue weighted by atomic mass is 9.88. The Morgan fingerprint density at radius 2 is 2.03 bits per heavy atom. The maximum atomic E-state index is 12.1. The summed E-state index contributed by atoms with van der Waals surface area (Å²) in [6, 6.07) is 3.22. The number of anilines is 1. The van der Waals surface area contributed by atoms with Crippen LogP contribution in [-0.4, -0.2) is 90.0 Å². The molecule has 10 nitrogen and oxygen atoms in total. The molecule has 0 bridgehead atoms. The molecule has 1 aromatic heterocycles. The second kappa shape index (κ2) is 11.3. The predicted octanol–water partition coefficient (Wildman–Crippen LogP) is 2.45. The Labute approximate surface area is 203 Å². The molecule has 4 heterocycles. The number of likely N-dealkylation sites (tertiary alicyclic amines) is 1. The van der Waals surface area contributed by atoms with Crippen molar-refractivity contribution in [2.24, 2.45) is 5.16 Å². The molecule has 2 N–H and O–H groups in total. The monoisotopic (exact) mass is 496 g/mol. The van der Waals surface area contributed by atoms with Gasteiger partial charge in [0.05, 0.1) is 24.7 Å². The molecule has 1 amide bonds. The van der Waals surface area contributed by atoms with Crippen molar-refractivity contribution < 1.29 is 19.1 Å². The quantitative estimate of drug-likeness (QED) is 0.470. The number of rotatable bonds is 5. The van der Waals surface area contributed by atoms with Gasteiger partial charge in [0, 0.05) is 51.8 Å². The summed E-state index contributed by atoms with van der Waals surface area (Å²) in [7, 11) is 0. The Morgan fingerprint density at radius 3 is 2.76 bits per heavy atom. The van der Waals surface area contributed by atoms with E-state index >= 15 is 0 Å². The van der Waals surface area contributed by atoms with Crippen LogP contribution in [-0.2, 0) is 14.3 Å². The van der Waals surface area contributed by atoms with E-state index in [0.717, 1.165) is 76.9 Å². The van der Waals surface area contributed by atoms with E-state index in [4.69, 9.17) is 38.1 Å². The zero-order chi connectivity index (χ0) is 23.1. The van der Waals surface area contributed by atoms with Crippen molar-refractivity contribution in [1.82, 2.24) is 20.1 Å². The van der Waals surface area contributed by atoms with E-state index in [1.165, 1.54) is 6.20 Å². The average molecular weight is 497 g/mol. The van der Waals surface area contributed by atoms with Gasteiger partial charge in [0.25, 0.3) is 0 Å². The number of nitrogens with zero attached hydrogens (tertiary/aromatic N) is 4. The van der Waals surface area contributed by atoms with Gasteiger partial charge in [-0.2, -0.15) is 0 Å². The molecule has 180 valence electrons. The van der Waals surface area contributed by atoms with Gasteiger partial charge in [0.2, 0.25) is 5.90 Å². The largest absolute Gasteiger partial charge is 0.419 e. The molecular weight excluding hydrogens is 468 g/mol. The highest BCUT2D eigenvalue weighted by Crippen LogP contribution is 2.35. The van der Waals surface area contributed by atoms with Crippen LogP contribution in [0.1, 0.15) is 25.7 Å². The smallest absolute Gasteiger partial charge is 0.392 e. The Balaban J connectivity index is 1.13. The zero-order valence-corrected chi connectivity index (χ0v) is 20.0. The Morgan fingerprint density at radius 1 is 1.24 bits per heavy atom. The lowest BCUT2D eigenvalue weighted by Gasteiger charge is -2.38. The number of thiocarbonyl (C=S) groups is 1. The molecule has 3 aliphatic heterocycles. The van der Waals surface area contributed by atoms with Crippen molar-refractivity contribution in [3.63, 3.8) is 0 Å². The number of amides is 1. The Bertz CT molecular complexity index is 857. The van der Waals surface area contributed by atoms with E-state index < -0.39 is 11.7 Å². The maximum absolute atomic E-state index is 12.1. The van der Waals surface area contributed by atoms with Crippen LogP contribution in [0, 0.1) is 0 Å². The van der Waals surface area contributed by atoms with Crippen molar-refractivity contribution in [2.45, 2.75) is 31.3 Å². The third kappa shape index (κ3) is 6.89. The van der Waals surface area contributed by atoms with Gasteiger partial charge in [-0.05, 0) is 37.3 Å². The lowest BCUT2D eigenvalue weighted by Crippen LogP contribution is -2.50. The number of hydrogen-bond acceptors (Lipinski definition) is 8. The average Bonchev–Trinajstić information content (AvgIpc) is 3.20. The first kappa shape index (κ1) is 23.9. The van der Waals surface area contributed by atoms with Crippen molar-refractivity contribution in [1.29, 1.82) is 0 Å². The van der Waals surface area contributed by atoms with Crippen LogP contribution in [0.25, 0.3) is 0 Å². The topological polar surface area (TPSA) is 101 Å². The fraction of sp³-hybridized carbons (Fsp3) is 0.619. The number of aromatic nitrogens is 1. The molecule has 0 aromatic carbocycles. The number of carbonyl (C=O) groups excluding carboxylic acids is 1. The third-order valence-electron chi connectivity index (χ3n) is 5.98. The fourth-order valence-electron chi connectivity index (χ4n) is 4.05. The molecule has 12 heteroatoms. The van der Waals surface area contributed by atoms with E-state index in [1.54, 1.807) is 12.1 Å². The summed E-state index contributed by atoms with van der Waals surface area (Å²) in [5.41, 5.74) is -0.448. The summed E-state index contributed by atoms with van der Waals surface area (Å²) in [5.74, 6) is 0.608. The molecule has 33 heavy (non-hydrogen) atoms. The van der Waals surface area contributed by atoms with Gasteiger partial charge >= 0.3 is 6.09 Å². The first-order valence-corrected chi connectivity index (χ1v) is 12.0. The van der Waals surface area contributed by atoms with Crippen molar-refractivity contribution >= 4 is 46.7 Å². The van der Waals surface area contributed by atoms with Crippen molar-refractivity contribution in [3.05, 3.63) is 23.4 Å². The predicted molar refractivity (Wildman–Crippen MR) is 129 cm³/mol. The molecule has 0 aliphatic carbocycles. The van der Waals surface area contributed by atoms with Gasteiger partial charge < -0.3 is 24.5 Å². The molecule has 1 aromatic rings. The van der Waals surface area contributed by atoms with Crippen LogP contribution >= 0.6 is 23.8 Å². The van der Waals surface area contributed by atoms with Gasteiger partial charge in [-0.1, -0.05) is 16.8 Å². The summed E-state index contributed by atoms with van der Waals surface area (Å²) in [6.45, 7) is 7.09. The highest BCUT2D eigenvalue weighted by atomic mass is 35.5. The number of ether oxygens (including phenoxy) is 2. The van der Waals surface area contributed by atoms with Crippen LogP contribution in [0.5, 0.6) is 0 Å². The first-order valence-electron chi connectivity index (χ1n) is 11.2. The minimum Gasteiger partial charge on any atom is -0.392 e. The molecule has 0 saturated carbocycles. The third-order valence-corrected chi connectivity index (χ3v) is 6.60. The minimum absolute atomic E-state index is 0.263. The van der Waals surface area contributed by atoms with Crippen LogP contribution in [0.2, 0.25) is 5.02 Å². The van der Waals surface area contributed by atoms with Crippen LogP contribution in [0.3, 0.4) is 0 Å². The summed E-state index contributed by atoms with van der Waals surface area (Å²) in [6.07, 6.45) is 3.77. The molecular formula is C21H29ClN6O4S. The van der Waals surface area contributed by atoms with E-state index in [-0.39, 0.29) is 5.90 Å². The number of nitrogens with one attached hydrogen (secondary N) is 2. The molecule has 0 radical (unpaired) electrons. The zero-order valence-electron chi connectivity index (χ0n) is 18.4. The number of hydrogen-bond donors (Lipinski definition) is 2. The number of halogens is 1. The Hall–Kier alpha value is -2.21. The van der Waals surface area contributed by atoms with Crippen LogP contribution < -0.4 is 10.6 Å². The van der Waals surface area contributed by atoms with E-state index in [0.29, 0.717) is 17.3 Å². The van der Waals surface area contributed by atoms with Gasteiger partial charge in [-0.15, -0.1) is 0 Å². The molecule has 3 aliphatic rings. The maximum Gasteiger partial charge on any atom is 0.419 e.